The molecule has 0 aromatic rings. The number of likely N-dealkylation sites (N-methyl/N-ethyl adjacent to an activating group) is 1. The molecule has 4 aliphatic rings. The van der Waals surface area contributed by atoms with Gasteiger partial charge in [-0.15, -0.1) is 0 Å². The van der Waals surface area contributed by atoms with E-state index in [2.05, 4.69) is 0 Å². The first-order valence-corrected chi connectivity index (χ1v) is 7.48. The maximum Gasteiger partial charge on any atom is 0.238 e. The van der Waals surface area contributed by atoms with Gasteiger partial charge in [-0.3, -0.25) is 4.79 Å². The maximum absolute atomic E-state index is 12.0. The van der Waals surface area contributed by atoms with E-state index in [1.54, 1.807) is 6.92 Å². The molecule has 0 aromatic heterocycles. The summed E-state index contributed by atoms with van der Waals surface area (Å²) in [4.78, 5) is 13.9. The highest BCUT2D eigenvalue weighted by Crippen LogP contribution is 2.60. The van der Waals surface area contributed by atoms with Crippen LogP contribution < -0.4 is 5.73 Å². The molecule has 1 atom stereocenters. The van der Waals surface area contributed by atoms with E-state index in [0.29, 0.717) is 5.41 Å². The summed E-state index contributed by atoms with van der Waals surface area (Å²) < 4.78 is 0. The Morgan fingerprint density at radius 3 is 2.06 bits per heavy atom. The number of hydrogen-bond donors (Lipinski definition) is 1. The summed E-state index contributed by atoms with van der Waals surface area (Å²) in [6.07, 6.45) is 8.46. The second kappa shape index (κ2) is 4.22. The number of nitrogens with two attached hydrogens (primary N) is 1. The SMILES string of the molecule is C[C@@H](N)C(=O)N(C)CC12CC3CC(CC(C3)C1)C2. The van der Waals surface area contributed by atoms with Crippen molar-refractivity contribution in [3.8, 4) is 0 Å². The Hall–Kier alpha value is -0.570. The Morgan fingerprint density at radius 1 is 1.22 bits per heavy atom. The molecule has 3 heteroatoms. The third-order valence-corrected chi connectivity index (χ3v) is 5.50. The van der Waals surface area contributed by atoms with Gasteiger partial charge < -0.3 is 10.6 Å². The molecule has 102 valence electrons. The van der Waals surface area contributed by atoms with Gasteiger partial charge >= 0.3 is 0 Å². The van der Waals surface area contributed by atoms with Crippen molar-refractivity contribution >= 4 is 5.91 Å². The molecule has 4 aliphatic carbocycles. The minimum Gasteiger partial charge on any atom is -0.344 e. The molecule has 4 fully saturated rings. The first kappa shape index (κ1) is 12.5. The van der Waals surface area contributed by atoms with Crippen LogP contribution in [0.1, 0.15) is 45.4 Å². The zero-order valence-corrected chi connectivity index (χ0v) is 11.7. The van der Waals surface area contributed by atoms with Crippen molar-refractivity contribution in [1.82, 2.24) is 4.90 Å². The molecule has 0 spiro atoms. The first-order valence-electron chi connectivity index (χ1n) is 7.48. The Kier molecular flexibility index (Phi) is 2.92. The molecule has 18 heavy (non-hydrogen) atoms. The van der Waals surface area contributed by atoms with E-state index >= 15 is 0 Å². The van der Waals surface area contributed by atoms with Crippen molar-refractivity contribution in [3.63, 3.8) is 0 Å². The Morgan fingerprint density at radius 2 is 1.67 bits per heavy atom. The highest BCUT2D eigenvalue weighted by Gasteiger charge is 2.51. The van der Waals surface area contributed by atoms with Gasteiger partial charge in [0.2, 0.25) is 5.91 Å². The summed E-state index contributed by atoms with van der Waals surface area (Å²) in [6.45, 7) is 2.73. The van der Waals surface area contributed by atoms with Crippen molar-refractivity contribution in [2.45, 2.75) is 51.5 Å². The minimum atomic E-state index is -0.357. The minimum absolute atomic E-state index is 0.103. The fourth-order valence-electron chi connectivity index (χ4n) is 5.41. The van der Waals surface area contributed by atoms with Gasteiger partial charge in [0.05, 0.1) is 6.04 Å². The number of carbonyl (C=O) groups is 1. The fraction of sp³-hybridized carbons (Fsp3) is 0.933. The van der Waals surface area contributed by atoms with Crippen molar-refractivity contribution in [2.75, 3.05) is 13.6 Å². The van der Waals surface area contributed by atoms with E-state index < -0.39 is 0 Å². The first-order chi connectivity index (χ1) is 8.47. The normalized spacial score (nSPS) is 42.9. The summed E-state index contributed by atoms with van der Waals surface area (Å²) in [5.41, 5.74) is 6.15. The van der Waals surface area contributed by atoms with Crippen LogP contribution in [0, 0.1) is 23.2 Å². The zero-order valence-electron chi connectivity index (χ0n) is 11.7. The summed E-state index contributed by atoms with van der Waals surface area (Å²) in [5.74, 6) is 2.96. The molecule has 0 aromatic carbocycles. The molecular weight excluding hydrogens is 224 g/mol. The van der Waals surface area contributed by atoms with Crippen molar-refractivity contribution in [2.24, 2.45) is 28.9 Å². The summed E-state index contributed by atoms with van der Waals surface area (Å²) in [5, 5.41) is 0. The lowest BCUT2D eigenvalue weighted by Crippen LogP contribution is -2.53. The lowest BCUT2D eigenvalue weighted by atomic mass is 9.49. The highest BCUT2D eigenvalue weighted by molar-refractivity contribution is 5.80. The van der Waals surface area contributed by atoms with E-state index in [4.69, 9.17) is 5.73 Å². The number of nitrogens with zero attached hydrogens (tertiary/aromatic N) is 1. The molecule has 1 amide bonds. The molecule has 0 heterocycles. The van der Waals surface area contributed by atoms with Gasteiger partial charge in [-0.1, -0.05) is 0 Å². The summed E-state index contributed by atoms with van der Waals surface area (Å²) in [6, 6.07) is -0.357. The number of amides is 1. The van der Waals surface area contributed by atoms with Gasteiger partial charge in [-0.05, 0) is 68.6 Å². The van der Waals surface area contributed by atoms with Crippen molar-refractivity contribution < 1.29 is 4.79 Å². The van der Waals surface area contributed by atoms with Crippen LogP contribution in [0.3, 0.4) is 0 Å². The van der Waals surface area contributed by atoms with E-state index in [9.17, 15) is 4.79 Å². The lowest BCUT2D eigenvalue weighted by Gasteiger charge is -2.57. The smallest absolute Gasteiger partial charge is 0.238 e. The highest BCUT2D eigenvalue weighted by atomic mass is 16.2. The van der Waals surface area contributed by atoms with Crippen LogP contribution in [0.5, 0.6) is 0 Å². The molecule has 4 bridgehead atoms. The average molecular weight is 250 g/mol. The van der Waals surface area contributed by atoms with E-state index in [1.807, 2.05) is 11.9 Å². The standard InChI is InChI=1S/C15H26N2O/c1-10(16)14(18)17(2)9-15-6-11-3-12(7-15)5-13(4-11)8-15/h10-13H,3-9,16H2,1-2H3/t10-,11?,12?,13?,15?/m1/s1. The van der Waals surface area contributed by atoms with E-state index in [0.717, 1.165) is 24.3 Å². The molecule has 0 unspecified atom stereocenters. The Bertz CT molecular complexity index is 315. The van der Waals surface area contributed by atoms with Crippen LogP contribution in [0.15, 0.2) is 0 Å². The summed E-state index contributed by atoms with van der Waals surface area (Å²) in [7, 11) is 1.93. The molecule has 0 radical (unpaired) electrons. The van der Waals surface area contributed by atoms with Crippen molar-refractivity contribution in [3.05, 3.63) is 0 Å². The molecule has 4 saturated carbocycles. The molecule has 4 rings (SSSR count). The van der Waals surface area contributed by atoms with Gasteiger partial charge in [0, 0.05) is 13.6 Å². The van der Waals surface area contributed by atoms with E-state index in [-0.39, 0.29) is 11.9 Å². The monoisotopic (exact) mass is 250 g/mol. The Balaban J connectivity index is 1.70. The largest absolute Gasteiger partial charge is 0.344 e. The molecule has 0 aliphatic heterocycles. The maximum atomic E-state index is 12.0. The predicted octanol–water partition coefficient (Wildman–Crippen LogP) is 2.01. The van der Waals surface area contributed by atoms with Gasteiger partial charge in [-0.25, -0.2) is 0 Å². The average Bonchev–Trinajstić information content (AvgIpc) is 2.24. The molecule has 0 saturated heterocycles. The zero-order chi connectivity index (χ0) is 12.9. The van der Waals surface area contributed by atoms with Gasteiger partial charge in [0.15, 0.2) is 0 Å². The van der Waals surface area contributed by atoms with Crippen LogP contribution in [0.4, 0.5) is 0 Å². The second-order valence-corrected chi connectivity index (χ2v) is 7.40. The Labute approximate surface area is 110 Å². The number of hydrogen-bond acceptors (Lipinski definition) is 2. The van der Waals surface area contributed by atoms with Crippen LogP contribution in [-0.2, 0) is 4.79 Å². The van der Waals surface area contributed by atoms with Gasteiger partial charge in [0.25, 0.3) is 0 Å². The topological polar surface area (TPSA) is 46.3 Å². The van der Waals surface area contributed by atoms with Gasteiger partial charge in [0.1, 0.15) is 0 Å². The number of rotatable bonds is 3. The van der Waals surface area contributed by atoms with Crippen LogP contribution in [0.2, 0.25) is 0 Å². The number of carbonyl (C=O) groups excluding carboxylic acids is 1. The van der Waals surface area contributed by atoms with Crippen molar-refractivity contribution in [1.29, 1.82) is 0 Å². The quantitative estimate of drug-likeness (QED) is 0.833. The third-order valence-electron chi connectivity index (χ3n) is 5.50. The third kappa shape index (κ3) is 2.07. The lowest BCUT2D eigenvalue weighted by molar-refractivity contribution is -0.136. The van der Waals surface area contributed by atoms with Gasteiger partial charge in [-0.2, -0.15) is 0 Å². The van der Waals surface area contributed by atoms with E-state index in [1.165, 1.54) is 38.5 Å². The summed E-state index contributed by atoms with van der Waals surface area (Å²) >= 11 is 0. The van der Waals surface area contributed by atoms with Crippen LogP contribution in [0.25, 0.3) is 0 Å². The van der Waals surface area contributed by atoms with Crippen LogP contribution >= 0.6 is 0 Å². The molecule has 2 N–H and O–H groups in total. The molecular formula is C15H26N2O. The second-order valence-electron chi connectivity index (χ2n) is 7.40. The fourth-order valence-corrected chi connectivity index (χ4v) is 5.41. The predicted molar refractivity (Wildman–Crippen MR) is 71.9 cm³/mol. The van der Waals surface area contributed by atoms with Crippen LogP contribution in [-0.4, -0.2) is 30.4 Å². The molecule has 3 nitrogen and oxygen atoms in total.